The molecule has 0 unspecified atom stereocenters. The molecule has 3 aromatic heterocycles. The molecule has 2 N–H and O–H groups in total. The number of H-pyrrole nitrogens is 1. The minimum atomic E-state index is -0.163. The molecule has 8 nitrogen and oxygen atoms in total. The molecule has 0 saturated carbocycles. The third kappa shape index (κ3) is 4.83. The molecule has 3 aromatic rings. The Hall–Kier alpha value is -3.26. The zero-order valence-electron chi connectivity index (χ0n) is 17.4. The van der Waals surface area contributed by atoms with Crippen LogP contribution < -0.4 is 15.8 Å². The first kappa shape index (κ1) is 20.0. The molecule has 4 heterocycles. The van der Waals surface area contributed by atoms with Crippen molar-refractivity contribution >= 4 is 11.6 Å². The highest BCUT2D eigenvalue weighted by Gasteiger charge is 2.16. The van der Waals surface area contributed by atoms with Gasteiger partial charge in [0.15, 0.2) is 0 Å². The van der Waals surface area contributed by atoms with E-state index < -0.39 is 0 Å². The Balaban J connectivity index is 1.38. The Morgan fingerprint density at radius 3 is 2.63 bits per heavy atom. The third-order valence-electron chi connectivity index (χ3n) is 5.33. The van der Waals surface area contributed by atoms with Gasteiger partial charge < -0.3 is 20.1 Å². The standard InChI is InChI=1S/C22H27N7O/c1-3-28-8-10-29(11-9-28)20-13-17(6-7-23-20)14-24-19-5-4-18(15-25-19)22-26-16(2)12-21(30)27-22/h4-7,12-13,15H,3,8-11,14H2,1-2H3,(H,24,25)(H,26,27,30). The maximum atomic E-state index is 11.6. The zero-order chi connectivity index (χ0) is 20.9. The number of piperazine rings is 1. The van der Waals surface area contributed by atoms with Crippen molar-refractivity contribution in [3.05, 3.63) is 64.3 Å². The van der Waals surface area contributed by atoms with Crippen LogP contribution in [0.5, 0.6) is 0 Å². The number of hydrogen-bond acceptors (Lipinski definition) is 7. The van der Waals surface area contributed by atoms with Crippen LogP contribution in [0.4, 0.5) is 11.6 Å². The molecule has 0 amide bonds. The van der Waals surface area contributed by atoms with Crippen molar-refractivity contribution in [2.75, 3.05) is 42.9 Å². The van der Waals surface area contributed by atoms with E-state index in [2.05, 4.69) is 48.0 Å². The van der Waals surface area contributed by atoms with Crippen molar-refractivity contribution in [2.24, 2.45) is 0 Å². The van der Waals surface area contributed by atoms with Crippen LogP contribution in [-0.2, 0) is 6.54 Å². The van der Waals surface area contributed by atoms with Crippen LogP contribution in [0.25, 0.3) is 11.4 Å². The molecule has 156 valence electrons. The quantitative estimate of drug-likeness (QED) is 0.650. The predicted octanol–water partition coefficient (Wildman–Crippen LogP) is 2.29. The smallest absolute Gasteiger partial charge is 0.251 e. The highest BCUT2D eigenvalue weighted by Crippen LogP contribution is 2.18. The van der Waals surface area contributed by atoms with Gasteiger partial charge in [0.2, 0.25) is 0 Å². The number of rotatable bonds is 6. The third-order valence-corrected chi connectivity index (χ3v) is 5.33. The lowest BCUT2D eigenvalue weighted by Gasteiger charge is -2.34. The summed E-state index contributed by atoms with van der Waals surface area (Å²) in [7, 11) is 0. The molecule has 1 saturated heterocycles. The van der Waals surface area contributed by atoms with E-state index in [0.717, 1.165) is 55.5 Å². The minimum absolute atomic E-state index is 0.163. The van der Waals surface area contributed by atoms with Crippen LogP contribution in [0.15, 0.2) is 47.5 Å². The normalized spacial score (nSPS) is 14.7. The van der Waals surface area contributed by atoms with Crippen LogP contribution in [0.3, 0.4) is 0 Å². The van der Waals surface area contributed by atoms with Gasteiger partial charge in [0, 0.05) is 62.4 Å². The molecule has 0 radical (unpaired) electrons. The number of aromatic nitrogens is 4. The van der Waals surface area contributed by atoms with E-state index >= 15 is 0 Å². The first-order chi connectivity index (χ1) is 14.6. The number of anilines is 2. The molecule has 4 rings (SSSR count). The largest absolute Gasteiger partial charge is 0.366 e. The van der Waals surface area contributed by atoms with E-state index in [0.29, 0.717) is 18.1 Å². The molecule has 0 atom stereocenters. The van der Waals surface area contributed by atoms with Crippen molar-refractivity contribution in [3.63, 3.8) is 0 Å². The van der Waals surface area contributed by atoms with Gasteiger partial charge in [-0.25, -0.2) is 15.0 Å². The molecule has 30 heavy (non-hydrogen) atoms. The number of nitrogens with zero attached hydrogens (tertiary/aromatic N) is 5. The van der Waals surface area contributed by atoms with Crippen LogP contribution >= 0.6 is 0 Å². The second-order valence-electron chi connectivity index (χ2n) is 7.46. The van der Waals surface area contributed by atoms with Gasteiger partial charge in [-0.05, 0) is 43.3 Å². The number of aryl methyl sites for hydroxylation is 1. The Bertz CT molecular complexity index is 1040. The Morgan fingerprint density at radius 1 is 1.10 bits per heavy atom. The summed E-state index contributed by atoms with van der Waals surface area (Å²) >= 11 is 0. The molecule has 8 heteroatoms. The van der Waals surface area contributed by atoms with Crippen LogP contribution in [-0.4, -0.2) is 57.6 Å². The molecule has 0 spiro atoms. The summed E-state index contributed by atoms with van der Waals surface area (Å²) in [6.45, 7) is 9.96. The summed E-state index contributed by atoms with van der Waals surface area (Å²) < 4.78 is 0. The molecule has 1 fully saturated rings. The maximum absolute atomic E-state index is 11.6. The molecule has 0 bridgehead atoms. The second-order valence-corrected chi connectivity index (χ2v) is 7.46. The Morgan fingerprint density at radius 2 is 1.93 bits per heavy atom. The molecule has 0 aliphatic carbocycles. The lowest BCUT2D eigenvalue weighted by molar-refractivity contribution is 0.270. The van der Waals surface area contributed by atoms with Crippen LogP contribution in [0.1, 0.15) is 18.2 Å². The average molecular weight is 406 g/mol. The van der Waals surface area contributed by atoms with Gasteiger partial charge >= 0.3 is 0 Å². The first-order valence-electron chi connectivity index (χ1n) is 10.3. The van der Waals surface area contributed by atoms with E-state index in [1.165, 1.54) is 6.07 Å². The fourth-order valence-electron chi connectivity index (χ4n) is 3.58. The van der Waals surface area contributed by atoms with E-state index in [4.69, 9.17) is 0 Å². The lowest BCUT2D eigenvalue weighted by Crippen LogP contribution is -2.46. The van der Waals surface area contributed by atoms with E-state index in [-0.39, 0.29) is 5.56 Å². The zero-order valence-corrected chi connectivity index (χ0v) is 17.4. The van der Waals surface area contributed by atoms with Gasteiger partial charge in [-0.15, -0.1) is 0 Å². The average Bonchev–Trinajstić information content (AvgIpc) is 2.78. The first-order valence-corrected chi connectivity index (χ1v) is 10.3. The van der Waals surface area contributed by atoms with Crippen LogP contribution in [0.2, 0.25) is 0 Å². The van der Waals surface area contributed by atoms with Crippen molar-refractivity contribution < 1.29 is 0 Å². The number of hydrogen-bond donors (Lipinski definition) is 2. The minimum Gasteiger partial charge on any atom is -0.366 e. The lowest BCUT2D eigenvalue weighted by atomic mass is 10.2. The molecular weight excluding hydrogens is 378 g/mol. The van der Waals surface area contributed by atoms with Crippen molar-refractivity contribution in [3.8, 4) is 11.4 Å². The van der Waals surface area contributed by atoms with Gasteiger partial charge in [0.25, 0.3) is 5.56 Å². The molecule has 1 aliphatic rings. The van der Waals surface area contributed by atoms with Gasteiger partial charge in [0.1, 0.15) is 17.5 Å². The van der Waals surface area contributed by atoms with Gasteiger partial charge in [-0.3, -0.25) is 4.79 Å². The summed E-state index contributed by atoms with van der Waals surface area (Å²) in [5.41, 5.74) is 2.46. The van der Waals surface area contributed by atoms with Crippen LogP contribution in [0, 0.1) is 6.92 Å². The van der Waals surface area contributed by atoms with Gasteiger partial charge in [0.05, 0.1) is 0 Å². The molecule has 0 aromatic carbocycles. The highest BCUT2D eigenvalue weighted by atomic mass is 16.1. The van der Waals surface area contributed by atoms with E-state index in [1.54, 1.807) is 13.1 Å². The summed E-state index contributed by atoms with van der Waals surface area (Å²) in [6, 6.07) is 9.43. The monoisotopic (exact) mass is 405 g/mol. The summed E-state index contributed by atoms with van der Waals surface area (Å²) in [5, 5.41) is 3.35. The second kappa shape index (κ2) is 9.04. The Labute approximate surface area is 176 Å². The van der Waals surface area contributed by atoms with Gasteiger partial charge in [-0.2, -0.15) is 0 Å². The summed E-state index contributed by atoms with van der Waals surface area (Å²) in [5.74, 6) is 2.33. The summed E-state index contributed by atoms with van der Waals surface area (Å²) in [6.07, 6.45) is 3.58. The van der Waals surface area contributed by atoms with Crippen molar-refractivity contribution in [1.82, 2.24) is 24.8 Å². The number of nitrogens with one attached hydrogen (secondary N) is 2. The van der Waals surface area contributed by atoms with Crippen molar-refractivity contribution in [2.45, 2.75) is 20.4 Å². The fourth-order valence-corrected chi connectivity index (χ4v) is 3.58. The SMILES string of the molecule is CCN1CCN(c2cc(CNc3ccc(-c4nc(C)cc(=O)[nH]4)cn3)ccn2)CC1. The van der Waals surface area contributed by atoms with Crippen molar-refractivity contribution in [1.29, 1.82) is 0 Å². The topological polar surface area (TPSA) is 90.0 Å². The molecular formula is C22H27N7O. The highest BCUT2D eigenvalue weighted by molar-refractivity contribution is 5.56. The number of pyridine rings is 2. The fraction of sp³-hybridized carbons (Fsp3) is 0.364. The van der Waals surface area contributed by atoms with E-state index in [9.17, 15) is 4.79 Å². The number of aromatic amines is 1. The predicted molar refractivity (Wildman–Crippen MR) is 119 cm³/mol. The maximum Gasteiger partial charge on any atom is 0.251 e. The van der Waals surface area contributed by atoms with E-state index in [1.807, 2.05) is 24.4 Å². The summed E-state index contributed by atoms with van der Waals surface area (Å²) in [4.78, 5) is 32.6. The number of likely N-dealkylation sites (N-methyl/N-ethyl adjacent to an activating group) is 1. The van der Waals surface area contributed by atoms with Gasteiger partial charge in [-0.1, -0.05) is 6.92 Å². The Kier molecular flexibility index (Phi) is 6.04. The molecule has 1 aliphatic heterocycles.